The average Bonchev–Trinajstić information content (AvgIpc) is 2.42. The Labute approximate surface area is 132 Å². The first kappa shape index (κ1) is 14.6. The Morgan fingerprint density at radius 2 is 1.86 bits per heavy atom. The van der Waals surface area contributed by atoms with Crippen molar-refractivity contribution in [3.63, 3.8) is 0 Å². The van der Waals surface area contributed by atoms with Crippen LogP contribution < -0.4 is 5.32 Å². The molecule has 1 fully saturated rings. The van der Waals surface area contributed by atoms with Gasteiger partial charge in [0.05, 0.1) is 0 Å². The van der Waals surface area contributed by atoms with Crippen molar-refractivity contribution in [3.8, 4) is 0 Å². The van der Waals surface area contributed by atoms with E-state index in [0.29, 0.717) is 18.0 Å². The minimum Gasteiger partial charge on any atom is -0.307 e. The molecule has 21 heavy (non-hydrogen) atoms. The van der Waals surface area contributed by atoms with Gasteiger partial charge >= 0.3 is 0 Å². The average molecular weight is 300 g/mol. The lowest BCUT2D eigenvalue weighted by Gasteiger charge is -2.38. The first-order chi connectivity index (χ1) is 10.1. The lowest BCUT2D eigenvalue weighted by molar-refractivity contribution is 0.270. The Kier molecular flexibility index (Phi) is 4.32. The van der Waals surface area contributed by atoms with E-state index in [1.165, 1.54) is 29.5 Å². The molecule has 1 atom stereocenters. The molecule has 2 aromatic rings. The first-order valence-electron chi connectivity index (χ1n) is 7.70. The summed E-state index contributed by atoms with van der Waals surface area (Å²) in [5.74, 6) is 0.658. The SMILES string of the molecule is Cc1ccccc1C(C)NC1CC(c2cccc(Cl)c2)C1. The molecule has 2 heteroatoms. The summed E-state index contributed by atoms with van der Waals surface area (Å²) in [6, 6.07) is 17.9. The van der Waals surface area contributed by atoms with Gasteiger partial charge in [-0.05, 0) is 61.4 Å². The summed E-state index contributed by atoms with van der Waals surface area (Å²) in [6.07, 6.45) is 2.41. The summed E-state index contributed by atoms with van der Waals surface area (Å²) in [7, 11) is 0. The lowest BCUT2D eigenvalue weighted by Crippen LogP contribution is -2.41. The van der Waals surface area contributed by atoms with Gasteiger partial charge in [0.15, 0.2) is 0 Å². The van der Waals surface area contributed by atoms with Gasteiger partial charge in [0.25, 0.3) is 0 Å². The van der Waals surface area contributed by atoms with Crippen LogP contribution in [0.2, 0.25) is 5.02 Å². The van der Waals surface area contributed by atoms with Crippen LogP contribution in [0.3, 0.4) is 0 Å². The summed E-state index contributed by atoms with van der Waals surface area (Å²) in [4.78, 5) is 0. The van der Waals surface area contributed by atoms with Gasteiger partial charge in [-0.25, -0.2) is 0 Å². The molecule has 0 bridgehead atoms. The van der Waals surface area contributed by atoms with Crippen molar-refractivity contribution in [1.29, 1.82) is 0 Å². The van der Waals surface area contributed by atoms with Crippen molar-refractivity contribution in [2.24, 2.45) is 0 Å². The number of hydrogen-bond donors (Lipinski definition) is 1. The topological polar surface area (TPSA) is 12.0 Å². The quantitative estimate of drug-likeness (QED) is 0.813. The molecule has 0 saturated heterocycles. The predicted octanol–water partition coefficient (Wildman–Crippen LogP) is 5.25. The number of hydrogen-bond acceptors (Lipinski definition) is 1. The first-order valence-corrected chi connectivity index (χ1v) is 8.08. The van der Waals surface area contributed by atoms with E-state index in [-0.39, 0.29) is 0 Å². The summed E-state index contributed by atoms with van der Waals surface area (Å²) < 4.78 is 0. The number of aryl methyl sites for hydroxylation is 1. The summed E-state index contributed by atoms with van der Waals surface area (Å²) in [5, 5.41) is 4.60. The molecule has 2 aromatic carbocycles. The van der Waals surface area contributed by atoms with Gasteiger partial charge in [-0.15, -0.1) is 0 Å². The number of halogens is 1. The zero-order valence-electron chi connectivity index (χ0n) is 12.6. The molecule has 1 aliphatic carbocycles. The molecule has 1 saturated carbocycles. The van der Waals surface area contributed by atoms with E-state index in [0.717, 1.165) is 5.02 Å². The van der Waals surface area contributed by atoms with Crippen LogP contribution in [0, 0.1) is 6.92 Å². The molecular weight excluding hydrogens is 278 g/mol. The van der Waals surface area contributed by atoms with Gasteiger partial charge in [-0.1, -0.05) is 48.0 Å². The van der Waals surface area contributed by atoms with Crippen molar-refractivity contribution in [2.45, 2.75) is 44.7 Å². The van der Waals surface area contributed by atoms with Crippen molar-refractivity contribution in [3.05, 3.63) is 70.2 Å². The fraction of sp³-hybridized carbons (Fsp3) is 0.368. The monoisotopic (exact) mass is 299 g/mol. The Hall–Kier alpha value is -1.31. The van der Waals surface area contributed by atoms with Crippen LogP contribution in [0.15, 0.2) is 48.5 Å². The Balaban J connectivity index is 1.56. The molecular formula is C19H22ClN. The van der Waals surface area contributed by atoms with E-state index in [4.69, 9.17) is 11.6 Å². The Morgan fingerprint density at radius 1 is 1.10 bits per heavy atom. The third kappa shape index (κ3) is 3.30. The number of benzene rings is 2. The molecule has 0 spiro atoms. The molecule has 1 N–H and O–H groups in total. The summed E-state index contributed by atoms with van der Waals surface area (Å²) in [6.45, 7) is 4.44. The molecule has 1 nitrogen and oxygen atoms in total. The van der Waals surface area contributed by atoms with E-state index < -0.39 is 0 Å². The molecule has 3 rings (SSSR count). The lowest BCUT2D eigenvalue weighted by atomic mass is 9.75. The van der Waals surface area contributed by atoms with Crippen LogP contribution in [-0.4, -0.2) is 6.04 Å². The second-order valence-electron chi connectivity index (χ2n) is 6.17. The van der Waals surface area contributed by atoms with Gasteiger partial charge in [0, 0.05) is 17.1 Å². The summed E-state index contributed by atoms with van der Waals surface area (Å²) in [5.41, 5.74) is 4.15. The predicted molar refractivity (Wildman–Crippen MR) is 89.9 cm³/mol. The van der Waals surface area contributed by atoms with Crippen LogP contribution in [0.4, 0.5) is 0 Å². The molecule has 0 aliphatic heterocycles. The van der Waals surface area contributed by atoms with Crippen molar-refractivity contribution < 1.29 is 0 Å². The maximum Gasteiger partial charge on any atom is 0.0408 e. The highest BCUT2D eigenvalue weighted by atomic mass is 35.5. The fourth-order valence-corrected chi connectivity index (χ4v) is 3.50. The van der Waals surface area contributed by atoms with E-state index in [2.05, 4.69) is 55.6 Å². The van der Waals surface area contributed by atoms with Gasteiger partial charge in [-0.3, -0.25) is 0 Å². The van der Waals surface area contributed by atoms with E-state index in [1.54, 1.807) is 0 Å². The van der Waals surface area contributed by atoms with Gasteiger partial charge in [0.1, 0.15) is 0 Å². The minimum absolute atomic E-state index is 0.413. The van der Waals surface area contributed by atoms with Gasteiger partial charge in [0.2, 0.25) is 0 Å². The van der Waals surface area contributed by atoms with Crippen molar-refractivity contribution >= 4 is 11.6 Å². The molecule has 0 aromatic heterocycles. The highest BCUT2D eigenvalue weighted by Gasteiger charge is 2.31. The van der Waals surface area contributed by atoms with E-state index in [9.17, 15) is 0 Å². The van der Waals surface area contributed by atoms with Gasteiger partial charge < -0.3 is 5.32 Å². The second kappa shape index (κ2) is 6.21. The molecule has 1 unspecified atom stereocenters. The largest absolute Gasteiger partial charge is 0.307 e. The van der Waals surface area contributed by atoms with Gasteiger partial charge in [-0.2, -0.15) is 0 Å². The molecule has 1 aliphatic rings. The highest BCUT2D eigenvalue weighted by molar-refractivity contribution is 6.30. The van der Waals surface area contributed by atoms with Crippen LogP contribution in [0.5, 0.6) is 0 Å². The zero-order valence-corrected chi connectivity index (χ0v) is 13.4. The standard InChI is InChI=1S/C19H22ClN/c1-13-6-3-4-9-19(13)14(2)21-18-11-16(12-18)15-7-5-8-17(20)10-15/h3-10,14,16,18,21H,11-12H2,1-2H3. The highest BCUT2D eigenvalue weighted by Crippen LogP contribution is 2.38. The molecule has 0 heterocycles. The van der Waals surface area contributed by atoms with Crippen LogP contribution in [-0.2, 0) is 0 Å². The smallest absolute Gasteiger partial charge is 0.0408 e. The third-order valence-electron chi connectivity index (χ3n) is 4.60. The van der Waals surface area contributed by atoms with Crippen LogP contribution in [0.25, 0.3) is 0 Å². The summed E-state index contributed by atoms with van der Waals surface area (Å²) >= 11 is 6.07. The van der Waals surface area contributed by atoms with Crippen LogP contribution in [0.1, 0.15) is 48.4 Å². The second-order valence-corrected chi connectivity index (χ2v) is 6.60. The fourth-order valence-electron chi connectivity index (χ4n) is 3.30. The molecule has 0 radical (unpaired) electrons. The Bertz CT molecular complexity index is 616. The number of rotatable bonds is 4. The minimum atomic E-state index is 0.413. The maximum atomic E-state index is 6.07. The molecule has 110 valence electrons. The normalized spacial score (nSPS) is 22.6. The maximum absolute atomic E-state index is 6.07. The van der Waals surface area contributed by atoms with E-state index in [1.807, 2.05) is 12.1 Å². The Morgan fingerprint density at radius 3 is 2.57 bits per heavy atom. The van der Waals surface area contributed by atoms with Crippen molar-refractivity contribution in [1.82, 2.24) is 5.32 Å². The van der Waals surface area contributed by atoms with E-state index >= 15 is 0 Å². The zero-order chi connectivity index (χ0) is 14.8. The van der Waals surface area contributed by atoms with Crippen LogP contribution >= 0.6 is 11.6 Å². The third-order valence-corrected chi connectivity index (χ3v) is 4.83. The number of nitrogens with one attached hydrogen (secondary N) is 1. The molecule has 0 amide bonds. The van der Waals surface area contributed by atoms with Crippen molar-refractivity contribution in [2.75, 3.05) is 0 Å².